The van der Waals surface area contributed by atoms with Gasteiger partial charge in [-0.2, -0.15) is 5.10 Å². The second-order valence-electron chi connectivity index (χ2n) is 9.07. The number of likely N-dealkylation sites (tertiary alicyclic amines) is 1. The summed E-state index contributed by atoms with van der Waals surface area (Å²) in [5, 5.41) is 15.3. The third-order valence-electron chi connectivity index (χ3n) is 6.23. The molecule has 176 valence electrons. The Bertz CT molecular complexity index is 957. The van der Waals surface area contributed by atoms with E-state index in [0.717, 1.165) is 63.4 Å². The van der Waals surface area contributed by atoms with Gasteiger partial charge in [0.25, 0.3) is 0 Å². The number of benzene rings is 2. The first-order valence-corrected chi connectivity index (χ1v) is 11.9. The van der Waals surface area contributed by atoms with Gasteiger partial charge in [-0.15, -0.1) is 0 Å². The molecule has 2 heterocycles. The van der Waals surface area contributed by atoms with Crippen LogP contribution in [-0.2, 0) is 13.1 Å². The molecule has 0 bridgehead atoms. The predicted octanol–water partition coefficient (Wildman–Crippen LogP) is 4.46. The zero-order valence-corrected chi connectivity index (χ0v) is 19.5. The molecule has 6 heteroatoms. The zero-order chi connectivity index (χ0) is 22.9. The van der Waals surface area contributed by atoms with Gasteiger partial charge in [0.2, 0.25) is 0 Å². The fourth-order valence-electron chi connectivity index (χ4n) is 4.19. The van der Waals surface area contributed by atoms with E-state index in [-0.39, 0.29) is 0 Å². The van der Waals surface area contributed by atoms with Crippen molar-refractivity contribution in [2.24, 2.45) is 0 Å². The average molecular weight is 450 g/mol. The summed E-state index contributed by atoms with van der Waals surface area (Å²) in [5.41, 5.74) is 1.70. The van der Waals surface area contributed by atoms with Crippen molar-refractivity contribution >= 4 is 0 Å². The molecular weight excluding hydrogens is 414 g/mol. The van der Waals surface area contributed by atoms with Gasteiger partial charge >= 0.3 is 0 Å². The number of ether oxygens (including phenoxy) is 2. The van der Waals surface area contributed by atoms with E-state index in [9.17, 15) is 5.11 Å². The second-order valence-corrected chi connectivity index (χ2v) is 9.07. The van der Waals surface area contributed by atoms with Gasteiger partial charge in [-0.05, 0) is 68.6 Å². The normalized spacial score (nSPS) is 19.2. The van der Waals surface area contributed by atoms with Crippen LogP contribution >= 0.6 is 0 Å². The minimum absolute atomic E-state index is 0.344. The summed E-state index contributed by atoms with van der Waals surface area (Å²) in [6.45, 7) is 6.67. The lowest BCUT2D eigenvalue weighted by Crippen LogP contribution is -2.37. The highest BCUT2D eigenvalue weighted by molar-refractivity contribution is 5.27. The van der Waals surface area contributed by atoms with Crippen molar-refractivity contribution in [1.29, 1.82) is 0 Å². The first-order valence-electron chi connectivity index (χ1n) is 11.9. The Balaban J connectivity index is 1.19. The highest BCUT2D eigenvalue weighted by Crippen LogP contribution is 2.25. The van der Waals surface area contributed by atoms with E-state index in [1.165, 1.54) is 11.1 Å². The lowest BCUT2D eigenvalue weighted by molar-refractivity contribution is -0.0168. The molecule has 1 saturated heterocycles. The smallest absolute Gasteiger partial charge is 0.119 e. The molecule has 0 saturated carbocycles. The monoisotopic (exact) mass is 449 g/mol. The minimum atomic E-state index is -0.770. The highest BCUT2D eigenvalue weighted by atomic mass is 16.5. The summed E-state index contributed by atoms with van der Waals surface area (Å²) in [4.78, 5) is 2.42. The van der Waals surface area contributed by atoms with Crippen LogP contribution in [0.1, 0.15) is 36.8 Å². The SMILES string of the molecule is Cc1ccc(OC[C@]2(O)CCCN(Cc3ccc(OCCCn4cccn4)cc3)CC2)cc1. The van der Waals surface area contributed by atoms with Gasteiger partial charge < -0.3 is 14.6 Å². The summed E-state index contributed by atoms with van der Waals surface area (Å²) >= 11 is 0. The molecule has 3 aromatic rings. The lowest BCUT2D eigenvalue weighted by Gasteiger charge is -2.27. The van der Waals surface area contributed by atoms with Crippen LogP contribution in [0.2, 0.25) is 0 Å². The highest BCUT2D eigenvalue weighted by Gasteiger charge is 2.31. The van der Waals surface area contributed by atoms with Crippen molar-refractivity contribution < 1.29 is 14.6 Å². The molecule has 0 spiro atoms. The molecule has 2 aromatic carbocycles. The summed E-state index contributed by atoms with van der Waals surface area (Å²) in [7, 11) is 0. The second kappa shape index (κ2) is 11.3. The van der Waals surface area contributed by atoms with Crippen LogP contribution < -0.4 is 9.47 Å². The topological polar surface area (TPSA) is 59.8 Å². The van der Waals surface area contributed by atoms with E-state index in [1.807, 2.05) is 53.3 Å². The number of hydrogen-bond acceptors (Lipinski definition) is 5. The zero-order valence-electron chi connectivity index (χ0n) is 19.5. The Hall–Kier alpha value is -2.83. The number of aromatic nitrogens is 2. The number of aryl methyl sites for hydroxylation is 2. The predicted molar refractivity (Wildman–Crippen MR) is 130 cm³/mol. The van der Waals surface area contributed by atoms with Crippen LogP contribution in [0.5, 0.6) is 11.5 Å². The molecule has 33 heavy (non-hydrogen) atoms. The Morgan fingerprint density at radius 2 is 1.73 bits per heavy atom. The summed E-state index contributed by atoms with van der Waals surface area (Å²) in [5.74, 6) is 1.72. The Morgan fingerprint density at radius 3 is 2.48 bits per heavy atom. The van der Waals surface area contributed by atoms with Gasteiger partial charge in [-0.3, -0.25) is 9.58 Å². The number of nitrogens with zero attached hydrogens (tertiary/aromatic N) is 3. The van der Waals surface area contributed by atoms with E-state index in [2.05, 4.69) is 29.1 Å². The van der Waals surface area contributed by atoms with Gasteiger partial charge in [0, 0.05) is 38.4 Å². The maximum atomic E-state index is 11.1. The van der Waals surface area contributed by atoms with Crippen molar-refractivity contribution in [3.8, 4) is 11.5 Å². The molecule has 1 N–H and O–H groups in total. The Labute approximate surface area is 196 Å². The molecule has 0 aliphatic carbocycles. The van der Waals surface area contributed by atoms with Crippen molar-refractivity contribution in [3.63, 3.8) is 0 Å². The van der Waals surface area contributed by atoms with Gasteiger partial charge in [0.1, 0.15) is 18.1 Å². The van der Waals surface area contributed by atoms with E-state index < -0.39 is 5.60 Å². The van der Waals surface area contributed by atoms with Crippen molar-refractivity contribution in [2.45, 2.75) is 51.3 Å². The molecule has 1 aliphatic rings. The maximum Gasteiger partial charge on any atom is 0.119 e. The van der Waals surface area contributed by atoms with E-state index in [4.69, 9.17) is 9.47 Å². The molecule has 0 amide bonds. The summed E-state index contributed by atoms with van der Waals surface area (Å²) in [6, 6.07) is 18.3. The van der Waals surface area contributed by atoms with Crippen LogP contribution in [0.3, 0.4) is 0 Å². The molecule has 4 rings (SSSR count). The lowest BCUT2D eigenvalue weighted by atomic mass is 9.96. The molecule has 1 fully saturated rings. The van der Waals surface area contributed by atoms with Crippen LogP contribution in [0.15, 0.2) is 67.0 Å². The fourth-order valence-corrected chi connectivity index (χ4v) is 4.19. The van der Waals surface area contributed by atoms with Crippen LogP contribution in [0.4, 0.5) is 0 Å². The first-order chi connectivity index (χ1) is 16.1. The standard InChI is InChI=1S/C27H35N3O3/c1-23-5-9-26(10-6-23)33-22-27(31)13-2-16-29(19-14-27)21-24-7-11-25(12-8-24)32-20-4-18-30-17-3-15-28-30/h3,5-12,15,17,31H,2,4,13-14,16,18-22H2,1H3/t27-/m0/s1. The van der Waals surface area contributed by atoms with Crippen molar-refractivity contribution in [2.75, 3.05) is 26.3 Å². The molecule has 0 radical (unpaired) electrons. The van der Waals surface area contributed by atoms with Crippen molar-refractivity contribution in [3.05, 3.63) is 78.1 Å². The molecule has 1 aromatic heterocycles. The minimum Gasteiger partial charge on any atom is -0.494 e. The van der Waals surface area contributed by atoms with Crippen molar-refractivity contribution in [1.82, 2.24) is 14.7 Å². The van der Waals surface area contributed by atoms with Gasteiger partial charge in [0.15, 0.2) is 0 Å². The van der Waals surface area contributed by atoms with Crippen LogP contribution in [-0.4, -0.2) is 51.7 Å². The van der Waals surface area contributed by atoms with E-state index in [1.54, 1.807) is 6.20 Å². The average Bonchev–Trinajstić information content (AvgIpc) is 3.28. The van der Waals surface area contributed by atoms with Crippen LogP contribution in [0.25, 0.3) is 0 Å². The molecule has 1 aliphatic heterocycles. The third kappa shape index (κ3) is 7.34. The third-order valence-corrected chi connectivity index (χ3v) is 6.23. The quantitative estimate of drug-likeness (QED) is 0.463. The molecule has 1 atom stereocenters. The first kappa shape index (κ1) is 23.3. The summed E-state index contributed by atoms with van der Waals surface area (Å²) in [6.07, 6.45) is 7.13. The number of hydrogen-bond donors (Lipinski definition) is 1. The number of rotatable bonds is 10. The van der Waals surface area contributed by atoms with E-state index >= 15 is 0 Å². The summed E-state index contributed by atoms with van der Waals surface area (Å²) < 4.78 is 13.7. The van der Waals surface area contributed by atoms with Gasteiger partial charge in [0.05, 0.1) is 12.2 Å². The molecule has 0 unspecified atom stereocenters. The molecule has 6 nitrogen and oxygen atoms in total. The van der Waals surface area contributed by atoms with Gasteiger partial charge in [-0.1, -0.05) is 29.8 Å². The number of aliphatic hydroxyl groups is 1. The maximum absolute atomic E-state index is 11.1. The van der Waals surface area contributed by atoms with E-state index in [0.29, 0.717) is 13.2 Å². The fraction of sp³-hybridized carbons (Fsp3) is 0.444. The Morgan fingerprint density at radius 1 is 0.970 bits per heavy atom. The van der Waals surface area contributed by atoms with Gasteiger partial charge in [-0.25, -0.2) is 0 Å². The van der Waals surface area contributed by atoms with Crippen LogP contribution in [0, 0.1) is 6.92 Å². The Kier molecular flexibility index (Phi) is 8.02. The largest absolute Gasteiger partial charge is 0.494 e. The molecular formula is C27H35N3O3.